The highest BCUT2D eigenvalue weighted by Crippen LogP contribution is 2.03. The molecule has 5 nitrogen and oxygen atoms in total. The molecule has 0 bridgehead atoms. The number of rotatable bonds is 2. The maximum atomic E-state index is 11.8. The number of aliphatic hydroxyl groups excluding tert-OH is 1. The molecule has 0 aliphatic heterocycles. The van der Waals surface area contributed by atoms with Crippen molar-refractivity contribution >= 4 is 10.9 Å². The van der Waals surface area contributed by atoms with Crippen molar-refractivity contribution in [3.63, 3.8) is 0 Å². The molecule has 0 aliphatic carbocycles. The van der Waals surface area contributed by atoms with Crippen LogP contribution in [-0.2, 0) is 6.54 Å². The second kappa shape index (κ2) is 3.78. The minimum Gasteiger partial charge on any atom is -0.391 e. The molecule has 1 unspecified atom stereocenters. The van der Waals surface area contributed by atoms with Crippen molar-refractivity contribution in [3.05, 3.63) is 34.6 Å². The van der Waals surface area contributed by atoms with E-state index in [1.54, 1.807) is 31.2 Å². The Morgan fingerprint density at radius 3 is 2.93 bits per heavy atom. The lowest BCUT2D eigenvalue weighted by atomic mass is 10.2. The summed E-state index contributed by atoms with van der Waals surface area (Å²) in [5.41, 5.74) is 0.353. The van der Waals surface area contributed by atoms with E-state index >= 15 is 0 Å². The summed E-state index contributed by atoms with van der Waals surface area (Å²) in [5, 5.41) is 17.3. The largest absolute Gasteiger partial charge is 0.391 e. The molecule has 0 aliphatic rings. The third kappa shape index (κ3) is 1.87. The molecule has 0 saturated carbocycles. The Labute approximate surface area is 86.0 Å². The summed E-state index contributed by atoms with van der Waals surface area (Å²) >= 11 is 0. The van der Waals surface area contributed by atoms with Gasteiger partial charge in [-0.1, -0.05) is 17.3 Å². The van der Waals surface area contributed by atoms with Gasteiger partial charge in [0.2, 0.25) is 0 Å². The molecular weight excluding hydrogens is 194 g/mol. The van der Waals surface area contributed by atoms with E-state index in [0.717, 1.165) is 0 Å². The van der Waals surface area contributed by atoms with Gasteiger partial charge in [-0.15, -0.1) is 5.10 Å². The van der Waals surface area contributed by atoms with Crippen molar-refractivity contribution in [2.24, 2.45) is 0 Å². The molecule has 1 aromatic carbocycles. The summed E-state index contributed by atoms with van der Waals surface area (Å²) in [6.07, 6.45) is -0.613. The predicted octanol–water partition coefficient (Wildman–Crippen LogP) is 0.172. The molecule has 1 N–H and O–H groups in total. The van der Waals surface area contributed by atoms with E-state index in [9.17, 15) is 9.90 Å². The summed E-state index contributed by atoms with van der Waals surface area (Å²) in [4.78, 5) is 11.8. The molecule has 1 atom stereocenters. The quantitative estimate of drug-likeness (QED) is 0.759. The Bertz CT molecular complexity index is 533. The van der Waals surface area contributed by atoms with Crippen LogP contribution in [0.5, 0.6) is 0 Å². The number of aliphatic hydroxyl groups is 1. The van der Waals surface area contributed by atoms with Crippen LogP contribution in [0, 0.1) is 0 Å². The van der Waals surface area contributed by atoms with Crippen LogP contribution in [0.25, 0.3) is 10.9 Å². The molecule has 1 aromatic heterocycles. The summed E-state index contributed by atoms with van der Waals surface area (Å²) in [5.74, 6) is 0. The number of fused-ring (bicyclic) bond motifs is 1. The van der Waals surface area contributed by atoms with Crippen LogP contribution in [-0.4, -0.2) is 26.2 Å². The summed E-state index contributed by atoms with van der Waals surface area (Å²) < 4.78 is 1.17. The van der Waals surface area contributed by atoms with Crippen LogP contribution in [0.4, 0.5) is 0 Å². The molecule has 0 saturated heterocycles. The summed E-state index contributed by atoms with van der Waals surface area (Å²) in [7, 11) is 0. The fourth-order valence-electron chi connectivity index (χ4n) is 1.39. The van der Waals surface area contributed by atoms with Crippen molar-refractivity contribution in [2.45, 2.75) is 19.6 Å². The van der Waals surface area contributed by atoms with Crippen LogP contribution < -0.4 is 5.56 Å². The van der Waals surface area contributed by atoms with E-state index in [2.05, 4.69) is 10.3 Å². The zero-order chi connectivity index (χ0) is 10.8. The number of benzene rings is 1. The highest BCUT2D eigenvalue weighted by molar-refractivity contribution is 5.76. The van der Waals surface area contributed by atoms with Gasteiger partial charge in [-0.05, 0) is 19.1 Å². The molecule has 2 aromatic rings. The van der Waals surface area contributed by atoms with E-state index in [0.29, 0.717) is 10.9 Å². The molecule has 0 radical (unpaired) electrons. The normalized spacial score (nSPS) is 12.9. The Kier molecular flexibility index (Phi) is 2.47. The van der Waals surface area contributed by atoms with Gasteiger partial charge in [0, 0.05) is 0 Å². The van der Waals surface area contributed by atoms with E-state index in [1.807, 2.05) is 0 Å². The van der Waals surface area contributed by atoms with Gasteiger partial charge in [0.15, 0.2) is 0 Å². The monoisotopic (exact) mass is 205 g/mol. The molecule has 78 valence electrons. The van der Waals surface area contributed by atoms with E-state index in [4.69, 9.17) is 0 Å². The second-order valence-electron chi connectivity index (χ2n) is 3.44. The minimum absolute atomic E-state index is 0.163. The maximum absolute atomic E-state index is 11.8. The number of nitrogens with zero attached hydrogens (tertiary/aromatic N) is 3. The van der Waals surface area contributed by atoms with Crippen LogP contribution in [0.1, 0.15) is 6.92 Å². The first-order chi connectivity index (χ1) is 7.18. The average molecular weight is 205 g/mol. The van der Waals surface area contributed by atoms with E-state index < -0.39 is 6.10 Å². The number of hydrogen-bond acceptors (Lipinski definition) is 4. The first kappa shape index (κ1) is 9.79. The zero-order valence-electron chi connectivity index (χ0n) is 8.29. The van der Waals surface area contributed by atoms with Gasteiger partial charge in [0.1, 0.15) is 5.52 Å². The Morgan fingerprint density at radius 1 is 1.47 bits per heavy atom. The fourth-order valence-corrected chi connectivity index (χ4v) is 1.39. The van der Waals surface area contributed by atoms with Crippen molar-refractivity contribution in [2.75, 3.05) is 0 Å². The maximum Gasteiger partial charge on any atom is 0.277 e. The van der Waals surface area contributed by atoms with Crippen molar-refractivity contribution < 1.29 is 5.11 Å². The van der Waals surface area contributed by atoms with Gasteiger partial charge in [-0.2, -0.15) is 0 Å². The molecule has 0 fully saturated rings. The lowest BCUT2D eigenvalue weighted by Crippen LogP contribution is -2.28. The van der Waals surface area contributed by atoms with Gasteiger partial charge in [0.25, 0.3) is 5.56 Å². The van der Waals surface area contributed by atoms with Crippen LogP contribution in [0.3, 0.4) is 0 Å². The molecule has 0 spiro atoms. The molecule has 1 heterocycles. The molecule has 15 heavy (non-hydrogen) atoms. The zero-order valence-corrected chi connectivity index (χ0v) is 8.29. The van der Waals surface area contributed by atoms with Crippen molar-refractivity contribution in [1.29, 1.82) is 0 Å². The number of aromatic nitrogens is 3. The fraction of sp³-hybridized carbons (Fsp3) is 0.300. The minimum atomic E-state index is -0.613. The van der Waals surface area contributed by atoms with Crippen LogP contribution >= 0.6 is 0 Å². The third-order valence-electron chi connectivity index (χ3n) is 2.07. The SMILES string of the molecule is CC(O)Cn1nnc2ccccc2c1=O. The molecule has 0 amide bonds. The Balaban J connectivity index is 2.60. The number of hydrogen-bond donors (Lipinski definition) is 1. The lowest BCUT2D eigenvalue weighted by molar-refractivity contribution is 0.165. The van der Waals surface area contributed by atoms with E-state index in [1.165, 1.54) is 4.68 Å². The average Bonchev–Trinajstić information content (AvgIpc) is 2.22. The summed E-state index contributed by atoms with van der Waals surface area (Å²) in [6, 6.07) is 7.01. The van der Waals surface area contributed by atoms with Crippen LogP contribution in [0.2, 0.25) is 0 Å². The smallest absolute Gasteiger partial charge is 0.277 e. The van der Waals surface area contributed by atoms with Gasteiger partial charge in [0.05, 0.1) is 18.0 Å². The first-order valence-corrected chi connectivity index (χ1v) is 4.69. The highest BCUT2D eigenvalue weighted by atomic mass is 16.3. The van der Waals surface area contributed by atoms with Crippen molar-refractivity contribution in [3.8, 4) is 0 Å². The Hall–Kier alpha value is -1.75. The molecule has 2 rings (SSSR count). The highest BCUT2D eigenvalue weighted by Gasteiger charge is 2.06. The van der Waals surface area contributed by atoms with Gasteiger partial charge in [-0.25, -0.2) is 4.68 Å². The predicted molar refractivity (Wildman–Crippen MR) is 55.5 cm³/mol. The molecule has 5 heteroatoms. The van der Waals surface area contributed by atoms with Crippen molar-refractivity contribution in [1.82, 2.24) is 15.0 Å². The van der Waals surface area contributed by atoms with Gasteiger partial charge < -0.3 is 5.11 Å². The van der Waals surface area contributed by atoms with Gasteiger partial charge in [-0.3, -0.25) is 4.79 Å². The topological polar surface area (TPSA) is 68.0 Å². The standard InChI is InChI=1S/C10H11N3O2/c1-7(14)6-13-10(15)8-4-2-3-5-9(8)11-12-13/h2-5,7,14H,6H2,1H3. The Morgan fingerprint density at radius 2 is 2.20 bits per heavy atom. The first-order valence-electron chi connectivity index (χ1n) is 4.69. The van der Waals surface area contributed by atoms with Crippen LogP contribution in [0.15, 0.2) is 29.1 Å². The third-order valence-corrected chi connectivity index (χ3v) is 2.07. The van der Waals surface area contributed by atoms with Gasteiger partial charge >= 0.3 is 0 Å². The summed E-state index contributed by atoms with van der Waals surface area (Å²) in [6.45, 7) is 1.76. The second-order valence-corrected chi connectivity index (χ2v) is 3.44. The van der Waals surface area contributed by atoms with E-state index in [-0.39, 0.29) is 12.1 Å². The molecular formula is C10H11N3O2. The lowest BCUT2D eigenvalue weighted by Gasteiger charge is -2.05.